The van der Waals surface area contributed by atoms with E-state index in [2.05, 4.69) is 10.6 Å². The maximum absolute atomic E-state index is 12.3. The van der Waals surface area contributed by atoms with Gasteiger partial charge in [-0.2, -0.15) is 0 Å². The summed E-state index contributed by atoms with van der Waals surface area (Å²) in [5.41, 5.74) is 1.80. The molecular formula is C22H19ClN2O3. The Morgan fingerprint density at radius 1 is 0.821 bits per heavy atom. The molecule has 0 spiro atoms. The van der Waals surface area contributed by atoms with Crippen molar-refractivity contribution < 1.29 is 14.3 Å². The molecule has 0 fully saturated rings. The van der Waals surface area contributed by atoms with E-state index in [1.807, 2.05) is 6.07 Å². The van der Waals surface area contributed by atoms with Crippen LogP contribution >= 0.6 is 11.6 Å². The van der Waals surface area contributed by atoms with E-state index in [1.54, 1.807) is 79.7 Å². The summed E-state index contributed by atoms with van der Waals surface area (Å²) in [6.07, 6.45) is -0.725. The lowest BCUT2D eigenvalue weighted by Gasteiger charge is -2.15. The molecule has 0 saturated heterocycles. The van der Waals surface area contributed by atoms with Gasteiger partial charge in [0, 0.05) is 16.9 Å². The molecule has 0 saturated carbocycles. The molecule has 0 aliphatic rings. The van der Waals surface area contributed by atoms with Crippen LogP contribution in [0.2, 0.25) is 5.02 Å². The fraction of sp³-hybridized carbons (Fsp3) is 0.0909. The molecule has 142 valence electrons. The molecule has 0 aromatic heterocycles. The van der Waals surface area contributed by atoms with Crippen molar-refractivity contribution in [2.45, 2.75) is 13.0 Å². The van der Waals surface area contributed by atoms with Crippen molar-refractivity contribution in [1.29, 1.82) is 0 Å². The smallest absolute Gasteiger partial charge is 0.265 e. The summed E-state index contributed by atoms with van der Waals surface area (Å²) in [5.74, 6) is -0.0501. The summed E-state index contributed by atoms with van der Waals surface area (Å²) >= 11 is 6.05. The van der Waals surface area contributed by atoms with Crippen LogP contribution in [0.5, 0.6) is 5.75 Å². The Kier molecular flexibility index (Phi) is 6.29. The number of halogens is 1. The van der Waals surface area contributed by atoms with Crippen LogP contribution < -0.4 is 15.4 Å². The van der Waals surface area contributed by atoms with Gasteiger partial charge in [0.25, 0.3) is 11.8 Å². The number of anilines is 2. The SMILES string of the molecule is CC(Oc1ccccc1Cl)C(=O)Nc1ccc(NC(=O)c2ccccc2)cc1. The van der Waals surface area contributed by atoms with Gasteiger partial charge in [0.1, 0.15) is 5.75 Å². The average molecular weight is 395 g/mol. The Morgan fingerprint density at radius 3 is 2.04 bits per heavy atom. The third-order valence-electron chi connectivity index (χ3n) is 3.96. The number of para-hydroxylation sites is 1. The number of hydrogen-bond donors (Lipinski definition) is 2. The van der Waals surface area contributed by atoms with Gasteiger partial charge in [-0.05, 0) is 55.5 Å². The minimum Gasteiger partial charge on any atom is -0.479 e. The number of ether oxygens (including phenoxy) is 1. The van der Waals surface area contributed by atoms with E-state index in [0.717, 1.165) is 0 Å². The molecule has 3 aromatic carbocycles. The van der Waals surface area contributed by atoms with Crippen molar-refractivity contribution in [2.75, 3.05) is 10.6 Å². The first-order valence-electron chi connectivity index (χ1n) is 8.71. The van der Waals surface area contributed by atoms with Crippen molar-refractivity contribution in [1.82, 2.24) is 0 Å². The lowest BCUT2D eigenvalue weighted by atomic mass is 10.2. The van der Waals surface area contributed by atoms with Gasteiger partial charge >= 0.3 is 0 Å². The molecule has 1 atom stereocenters. The highest BCUT2D eigenvalue weighted by molar-refractivity contribution is 6.32. The first-order valence-corrected chi connectivity index (χ1v) is 9.09. The van der Waals surface area contributed by atoms with E-state index in [0.29, 0.717) is 27.7 Å². The molecule has 0 heterocycles. The van der Waals surface area contributed by atoms with E-state index >= 15 is 0 Å². The molecule has 0 radical (unpaired) electrons. The summed E-state index contributed by atoms with van der Waals surface area (Å²) in [6.45, 7) is 1.65. The largest absolute Gasteiger partial charge is 0.479 e. The molecule has 0 aliphatic heterocycles. The first-order chi connectivity index (χ1) is 13.5. The molecular weight excluding hydrogens is 376 g/mol. The molecule has 3 aromatic rings. The average Bonchev–Trinajstić information content (AvgIpc) is 2.71. The molecule has 5 nitrogen and oxygen atoms in total. The summed E-state index contributed by atoms with van der Waals surface area (Å²) in [5, 5.41) is 6.03. The van der Waals surface area contributed by atoms with Crippen LogP contribution in [0.1, 0.15) is 17.3 Å². The zero-order chi connectivity index (χ0) is 19.9. The normalized spacial score (nSPS) is 11.4. The van der Waals surface area contributed by atoms with Gasteiger partial charge in [-0.3, -0.25) is 9.59 Å². The molecule has 6 heteroatoms. The Morgan fingerprint density at radius 2 is 1.39 bits per heavy atom. The Balaban J connectivity index is 1.57. The van der Waals surface area contributed by atoms with Crippen molar-refractivity contribution in [2.24, 2.45) is 0 Å². The maximum Gasteiger partial charge on any atom is 0.265 e. The zero-order valence-electron chi connectivity index (χ0n) is 15.2. The van der Waals surface area contributed by atoms with E-state index in [9.17, 15) is 9.59 Å². The Bertz CT molecular complexity index is 959. The van der Waals surface area contributed by atoms with Gasteiger partial charge in [-0.15, -0.1) is 0 Å². The van der Waals surface area contributed by atoms with E-state index < -0.39 is 6.10 Å². The van der Waals surface area contributed by atoms with Crippen molar-refractivity contribution in [3.63, 3.8) is 0 Å². The number of hydrogen-bond acceptors (Lipinski definition) is 3. The molecule has 0 bridgehead atoms. The van der Waals surface area contributed by atoms with Gasteiger partial charge < -0.3 is 15.4 Å². The summed E-state index contributed by atoms with van der Waals surface area (Å²) < 4.78 is 5.60. The highest BCUT2D eigenvalue weighted by Crippen LogP contribution is 2.24. The van der Waals surface area contributed by atoms with Gasteiger partial charge in [0.05, 0.1) is 5.02 Å². The van der Waals surface area contributed by atoms with Crippen molar-refractivity contribution in [3.8, 4) is 5.75 Å². The number of rotatable bonds is 6. The van der Waals surface area contributed by atoms with Gasteiger partial charge in [-0.1, -0.05) is 41.9 Å². The first kappa shape index (κ1) is 19.5. The van der Waals surface area contributed by atoms with Crippen molar-refractivity contribution in [3.05, 3.63) is 89.4 Å². The van der Waals surface area contributed by atoms with Gasteiger partial charge in [0.2, 0.25) is 0 Å². The second kappa shape index (κ2) is 9.06. The third kappa shape index (κ3) is 5.11. The predicted molar refractivity (Wildman–Crippen MR) is 111 cm³/mol. The fourth-order valence-corrected chi connectivity index (χ4v) is 2.64. The van der Waals surface area contributed by atoms with Crippen LogP contribution in [0, 0.1) is 0 Å². The lowest BCUT2D eigenvalue weighted by Crippen LogP contribution is -2.30. The predicted octanol–water partition coefficient (Wildman–Crippen LogP) is 5.00. The lowest BCUT2D eigenvalue weighted by molar-refractivity contribution is -0.122. The fourth-order valence-electron chi connectivity index (χ4n) is 2.46. The number of nitrogens with one attached hydrogen (secondary N) is 2. The number of amides is 2. The Labute approximate surface area is 168 Å². The van der Waals surface area contributed by atoms with E-state index in [-0.39, 0.29) is 11.8 Å². The molecule has 28 heavy (non-hydrogen) atoms. The summed E-state index contributed by atoms with van der Waals surface area (Å²) in [4.78, 5) is 24.5. The maximum atomic E-state index is 12.3. The zero-order valence-corrected chi connectivity index (χ0v) is 15.9. The summed E-state index contributed by atoms with van der Waals surface area (Å²) in [7, 11) is 0. The molecule has 2 amide bonds. The van der Waals surface area contributed by atoms with Crippen molar-refractivity contribution >= 4 is 34.8 Å². The van der Waals surface area contributed by atoms with Crippen LogP contribution in [-0.2, 0) is 4.79 Å². The second-order valence-electron chi connectivity index (χ2n) is 6.08. The Hall–Kier alpha value is -3.31. The number of carbonyl (C=O) groups is 2. The van der Waals surface area contributed by atoms with E-state index in [4.69, 9.17) is 16.3 Å². The highest BCUT2D eigenvalue weighted by Gasteiger charge is 2.16. The van der Waals surface area contributed by atoms with Crippen LogP contribution in [-0.4, -0.2) is 17.9 Å². The quantitative estimate of drug-likeness (QED) is 0.618. The standard InChI is InChI=1S/C22H19ClN2O3/c1-15(28-20-10-6-5-9-19(20)23)21(26)24-17-11-13-18(14-12-17)25-22(27)16-7-3-2-4-8-16/h2-15H,1H3,(H,24,26)(H,25,27). The highest BCUT2D eigenvalue weighted by atomic mass is 35.5. The molecule has 3 rings (SSSR count). The van der Waals surface area contributed by atoms with Crippen LogP contribution in [0.4, 0.5) is 11.4 Å². The number of benzene rings is 3. The summed E-state index contributed by atoms with van der Waals surface area (Å²) in [6, 6.07) is 22.8. The van der Waals surface area contributed by atoms with E-state index in [1.165, 1.54) is 0 Å². The minimum absolute atomic E-state index is 0.195. The molecule has 0 aliphatic carbocycles. The monoisotopic (exact) mass is 394 g/mol. The molecule has 2 N–H and O–H groups in total. The number of carbonyl (C=O) groups excluding carboxylic acids is 2. The van der Waals surface area contributed by atoms with Gasteiger partial charge in [0.15, 0.2) is 6.10 Å². The minimum atomic E-state index is -0.725. The van der Waals surface area contributed by atoms with Gasteiger partial charge in [-0.25, -0.2) is 0 Å². The molecule has 1 unspecified atom stereocenters. The van der Waals surface area contributed by atoms with Crippen LogP contribution in [0.25, 0.3) is 0 Å². The van der Waals surface area contributed by atoms with Crippen LogP contribution in [0.3, 0.4) is 0 Å². The topological polar surface area (TPSA) is 67.4 Å². The second-order valence-corrected chi connectivity index (χ2v) is 6.48. The van der Waals surface area contributed by atoms with Crippen LogP contribution in [0.15, 0.2) is 78.9 Å². The third-order valence-corrected chi connectivity index (χ3v) is 4.27.